The molecule has 2 heterocycles. The highest BCUT2D eigenvalue weighted by Gasteiger charge is 2.29. The molecule has 4 nitrogen and oxygen atoms in total. The molecular weight excluding hydrogens is 252 g/mol. The first-order valence-electron chi connectivity index (χ1n) is 7.31. The Labute approximate surface area is 119 Å². The lowest BCUT2D eigenvalue weighted by Gasteiger charge is -2.24. The average Bonchev–Trinajstić information content (AvgIpc) is 2.86. The number of likely N-dealkylation sites (tertiary alicyclic amines) is 1. The molecule has 0 aliphatic carbocycles. The molecule has 1 aromatic heterocycles. The van der Waals surface area contributed by atoms with Crippen molar-refractivity contribution in [3.05, 3.63) is 36.0 Å². The molecule has 1 saturated heterocycles. The zero-order chi connectivity index (χ0) is 14.0. The second kappa shape index (κ2) is 5.56. The third-order valence-corrected chi connectivity index (χ3v) is 4.37. The highest BCUT2D eigenvalue weighted by atomic mass is 16.3. The molecule has 1 fully saturated rings. The van der Waals surface area contributed by atoms with Crippen LogP contribution < -0.4 is 0 Å². The van der Waals surface area contributed by atoms with Crippen LogP contribution in [0.1, 0.15) is 24.8 Å². The van der Waals surface area contributed by atoms with Crippen LogP contribution in [0.4, 0.5) is 0 Å². The predicted octanol–water partition coefficient (Wildman–Crippen LogP) is 1.88. The van der Waals surface area contributed by atoms with E-state index in [0.29, 0.717) is 12.8 Å². The summed E-state index contributed by atoms with van der Waals surface area (Å²) in [5.41, 5.74) is 1.61. The Balaban J connectivity index is 1.73. The van der Waals surface area contributed by atoms with E-state index in [2.05, 4.69) is 34.1 Å². The molecule has 108 valence electrons. The molecule has 1 aliphatic rings. The Hall–Kier alpha value is -1.36. The van der Waals surface area contributed by atoms with Crippen molar-refractivity contribution in [3.63, 3.8) is 0 Å². The van der Waals surface area contributed by atoms with E-state index < -0.39 is 5.60 Å². The predicted molar refractivity (Wildman–Crippen MR) is 79.5 cm³/mol. The van der Waals surface area contributed by atoms with E-state index in [9.17, 15) is 10.2 Å². The van der Waals surface area contributed by atoms with Crippen molar-refractivity contribution in [3.8, 4) is 0 Å². The maximum Gasteiger partial charge on any atom is 0.0890 e. The topological polar surface area (TPSA) is 59.5 Å². The Morgan fingerprint density at radius 2 is 2.10 bits per heavy atom. The van der Waals surface area contributed by atoms with Crippen LogP contribution in [0.2, 0.25) is 0 Å². The van der Waals surface area contributed by atoms with Crippen molar-refractivity contribution < 1.29 is 10.2 Å². The zero-order valence-corrected chi connectivity index (χ0v) is 11.7. The number of aromatic amines is 1. The molecule has 3 rings (SSSR count). The molecule has 1 aromatic carbocycles. The van der Waals surface area contributed by atoms with Gasteiger partial charge in [-0.3, -0.25) is 4.90 Å². The van der Waals surface area contributed by atoms with Crippen molar-refractivity contribution in [1.82, 2.24) is 9.88 Å². The lowest BCUT2D eigenvalue weighted by Crippen LogP contribution is -2.34. The Bertz CT molecular complexity index is 581. The van der Waals surface area contributed by atoms with Crippen LogP contribution in [0.3, 0.4) is 0 Å². The number of hydrogen-bond donors (Lipinski definition) is 3. The molecule has 1 aliphatic heterocycles. The van der Waals surface area contributed by atoms with Gasteiger partial charge in [0, 0.05) is 24.8 Å². The van der Waals surface area contributed by atoms with Gasteiger partial charge >= 0.3 is 0 Å². The molecule has 0 radical (unpaired) electrons. The summed E-state index contributed by atoms with van der Waals surface area (Å²) in [6.45, 7) is 2.56. The molecule has 1 atom stereocenters. The number of para-hydroxylation sites is 1. The van der Waals surface area contributed by atoms with E-state index in [1.54, 1.807) is 0 Å². The second-order valence-corrected chi connectivity index (χ2v) is 5.87. The number of aliphatic hydroxyl groups is 2. The van der Waals surface area contributed by atoms with Crippen LogP contribution in [0.15, 0.2) is 30.5 Å². The number of hydrogen-bond acceptors (Lipinski definition) is 3. The van der Waals surface area contributed by atoms with Gasteiger partial charge < -0.3 is 15.2 Å². The molecule has 0 amide bonds. The van der Waals surface area contributed by atoms with Crippen LogP contribution in [-0.4, -0.2) is 45.4 Å². The van der Waals surface area contributed by atoms with Crippen LogP contribution in [0, 0.1) is 0 Å². The first kappa shape index (κ1) is 13.6. The second-order valence-electron chi connectivity index (χ2n) is 5.87. The zero-order valence-electron chi connectivity index (χ0n) is 11.7. The number of H-pyrrole nitrogens is 1. The van der Waals surface area contributed by atoms with Crippen molar-refractivity contribution >= 4 is 10.9 Å². The smallest absolute Gasteiger partial charge is 0.0890 e. The molecule has 3 N–H and O–H groups in total. The molecule has 2 aromatic rings. The molecular formula is C16H22N2O2. The number of aliphatic hydroxyl groups excluding tert-OH is 1. The summed E-state index contributed by atoms with van der Waals surface area (Å²) in [5, 5.41) is 20.7. The van der Waals surface area contributed by atoms with E-state index >= 15 is 0 Å². The summed E-state index contributed by atoms with van der Waals surface area (Å²) in [6, 6.07) is 8.45. The van der Waals surface area contributed by atoms with Gasteiger partial charge in [-0.05, 0) is 42.8 Å². The SMILES string of the molecule is OC[C@]1(O)CCCN(Cc2cccc3cc[nH]c23)CC1. The van der Waals surface area contributed by atoms with E-state index in [1.807, 2.05) is 6.20 Å². The minimum Gasteiger partial charge on any atom is -0.393 e. The van der Waals surface area contributed by atoms with Gasteiger partial charge in [-0.2, -0.15) is 0 Å². The Morgan fingerprint density at radius 3 is 2.95 bits per heavy atom. The van der Waals surface area contributed by atoms with Gasteiger partial charge in [0.25, 0.3) is 0 Å². The maximum atomic E-state index is 10.2. The number of rotatable bonds is 3. The van der Waals surface area contributed by atoms with Crippen LogP contribution >= 0.6 is 0 Å². The highest BCUT2D eigenvalue weighted by Crippen LogP contribution is 2.24. The fourth-order valence-electron chi connectivity index (χ4n) is 3.07. The fourth-order valence-corrected chi connectivity index (χ4v) is 3.07. The highest BCUT2D eigenvalue weighted by molar-refractivity contribution is 5.82. The van der Waals surface area contributed by atoms with E-state index in [4.69, 9.17) is 0 Å². The summed E-state index contributed by atoms with van der Waals surface area (Å²) < 4.78 is 0. The molecule has 4 heteroatoms. The Morgan fingerprint density at radius 1 is 1.20 bits per heavy atom. The lowest BCUT2D eigenvalue weighted by atomic mass is 9.96. The molecule has 0 bridgehead atoms. The van der Waals surface area contributed by atoms with E-state index in [-0.39, 0.29) is 6.61 Å². The minimum atomic E-state index is -0.882. The van der Waals surface area contributed by atoms with Crippen LogP contribution in [0.5, 0.6) is 0 Å². The van der Waals surface area contributed by atoms with Gasteiger partial charge in [0.15, 0.2) is 0 Å². The van der Waals surface area contributed by atoms with Crippen LogP contribution in [-0.2, 0) is 6.54 Å². The maximum absolute atomic E-state index is 10.2. The van der Waals surface area contributed by atoms with Gasteiger partial charge in [0.1, 0.15) is 0 Å². The lowest BCUT2D eigenvalue weighted by molar-refractivity contribution is -0.0255. The van der Waals surface area contributed by atoms with Gasteiger partial charge in [0.2, 0.25) is 0 Å². The van der Waals surface area contributed by atoms with Crippen LogP contribution in [0.25, 0.3) is 10.9 Å². The first-order chi connectivity index (χ1) is 9.70. The number of nitrogens with one attached hydrogen (secondary N) is 1. The largest absolute Gasteiger partial charge is 0.393 e. The number of aromatic nitrogens is 1. The van der Waals surface area contributed by atoms with Crippen molar-refractivity contribution in [1.29, 1.82) is 0 Å². The number of benzene rings is 1. The first-order valence-corrected chi connectivity index (χ1v) is 7.31. The number of fused-ring (bicyclic) bond motifs is 1. The van der Waals surface area contributed by atoms with Gasteiger partial charge in [0.05, 0.1) is 12.2 Å². The average molecular weight is 274 g/mol. The standard InChI is InChI=1S/C16H22N2O2/c19-12-16(20)6-2-9-18(10-7-16)11-14-4-1-3-13-5-8-17-15(13)14/h1,3-5,8,17,19-20H,2,6-7,9-12H2/t16-/m0/s1. The quantitative estimate of drug-likeness (QED) is 0.801. The van der Waals surface area contributed by atoms with Gasteiger partial charge in [-0.15, -0.1) is 0 Å². The Kier molecular flexibility index (Phi) is 3.78. The van der Waals surface area contributed by atoms with E-state index in [1.165, 1.54) is 16.5 Å². The van der Waals surface area contributed by atoms with Crippen molar-refractivity contribution in [2.24, 2.45) is 0 Å². The summed E-state index contributed by atoms with van der Waals surface area (Å²) in [5.74, 6) is 0. The third kappa shape index (κ3) is 2.73. The summed E-state index contributed by atoms with van der Waals surface area (Å²) in [6.07, 6.45) is 4.23. The third-order valence-electron chi connectivity index (χ3n) is 4.37. The minimum absolute atomic E-state index is 0.132. The van der Waals surface area contributed by atoms with E-state index in [0.717, 1.165) is 26.1 Å². The summed E-state index contributed by atoms with van der Waals surface area (Å²) in [4.78, 5) is 5.67. The van der Waals surface area contributed by atoms with Gasteiger partial charge in [-0.25, -0.2) is 0 Å². The molecule has 20 heavy (non-hydrogen) atoms. The summed E-state index contributed by atoms with van der Waals surface area (Å²) in [7, 11) is 0. The van der Waals surface area contributed by atoms with Gasteiger partial charge in [-0.1, -0.05) is 18.2 Å². The summed E-state index contributed by atoms with van der Waals surface area (Å²) >= 11 is 0. The molecule has 0 unspecified atom stereocenters. The normalized spacial score (nSPS) is 24.9. The van der Waals surface area contributed by atoms with Crippen molar-refractivity contribution in [2.45, 2.75) is 31.4 Å². The molecule has 0 saturated carbocycles. The monoisotopic (exact) mass is 274 g/mol. The van der Waals surface area contributed by atoms with Crippen molar-refractivity contribution in [2.75, 3.05) is 19.7 Å². The number of nitrogens with zero attached hydrogens (tertiary/aromatic N) is 1. The fraction of sp³-hybridized carbons (Fsp3) is 0.500. The molecule has 0 spiro atoms.